The molecule has 7 heteroatoms. The lowest BCUT2D eigenvalue weighted by atomic mass is 9.90. The van der Waals surface area contributed by atoms with E-state index in [0.717, 1.165) is 21.5 Å². The maximum absolute atomic E-state index is 12.8. The van der Waals surface area contributed by atoms with E-state index >= 15 is 0 Å². The zero-order chi connectivity index (χ0) is 19.0. The predicted molar refractivity (Wildman–Crippen MR) is 105 cm³/mol. The van der Waals surface area contributed by atoms with Crippen molar-refractivity contribution in [1.29, 1.82) is 0 Å². The SMILES string of the molecule is CCOC(=O)[C@H]1C(=O)Nc2nc3ccccc3n2[C@H]1c1ccc(SC)cc1. The minimum Gasteiger partial charge on any atom is -0.465 e. The van der Waals surface area contributed by atoms with Crippen molar-refractivity contribution in [2.75, 3.05) is 18.2 Å². The number of nitrogens with one attached hydrogen (secondary N) is 1. The first-order valence-electron chi connectivity index (χ1n) is 8.72. The Kier molecular flexibility index (Phi) is 4.61. The van der Waals surface area contributed by atoms with Crippen LogP contribution in [0.4, 0.5) is 5.95 Å². The lowest BCUT2D eigenvalue weighted by Crippen LogP contribution is -2.43. The number of nitrogens with zero attached hydrogens (tertiary/aromatic N) is 2. The fourth-order valence-corrected chi connectivity index (χ4v) is 3.91. The Labute approximate surface area is 160 Å². The van der Waals surface area contributed by atoms with E-state index in [9.17, 15) is 9.59 Å². The van der Waals surface area contributed by atoms with Gasteiger partial charge in [-0.15, -0.1) is 11.8 Å². The van der Waals surface area contributed by atoms with Gasteiger partial charge in [-0.1, -0.05) is 24.3 Å². The van der Waals surface area contributed by atoms with E-state index in [1.807, 2.05) is 59.4 Å². The molecule has 0 spiro atoms. The maximum atomic E-state index is 12.8. The van der Waals surface area contributed by atoms with Crippen molar-refractivity contribution in [1.82, 2.24) is 9.55 Å². The number of para-hydroxylation sites is 2. The molecule has 0 saturated carbocycles. The van der Waals surface area contributed by atoms with Gasteiger partial charge < -0.3 is 9.30 Å². The van der Waals surface area contributed by atoms with Crippen LogP contribution in [0.5, 0.6) is 0 Å². The van der Waals surface area contributed by atoms with Gasteiger partial charge in [0.2, 0.25) is 11.9 Å². The van der Waals surface area contributed by atoms with E-state index in [4.69, 9.17) is 4.74 Å². The molecule has 0 radical (unpaired) electrons. The van der Waals surface area contributed by atoms with Crippen molar-refractivity contribution in [2.24, 2.45) is 5.92 Å². The summed E-state index contributed by atoms with van der Waals surface area (Å²) < 4.78 is 7.14. The largest absolute Gasteiger partial charge is 0.465 e. The van der Waals surface area contributed by atoms with Crippen LogP contribution in [0.15, 0.2) is 53.4 Å². The highest BCUT2D eigenvalue weighted by Crippen LogP contribution is 2.38. The summed E-state index contributed by atoms with van der Waals surface area (Å²) in [6.07, 6.45) is 2.01. The predicted octanol–water partition coefficient (Wildman–Crippen LogP) is 3.48. The number of carbonyl (C=O) groups is 2. The lowest BCUT2D eigenvalue weighted by molar-refractivity contribution is -0.152. The number of esters is 1. The number of aromatic nitrogens is 2. The van der Waals surface area contributed by atoms with Gasteiger partial charge in [-0.25, -0.2) is 4.98 Å². The lowest BCUT2D eigenvalue weighted by Gasteiger charge is -2.32. The maximum Gasteiger partial charge on any atom is 0.321 e. The zero-order valence-corrected chi connectivity index (χ0v) is 15.8. The van der Waals surface area contributed by atoms with Gasteiger partial charge >= 0.3 is 5.97 Å². The second-order valence-corrected chi connectivity index (χ2v) is 7.11. The van der Waals surface area contributed by atoms with Crippen LogP contribution in [0.1, 0.15) is 18.5 Å². The Morgan fingerprint density at radius 3 is 2.67 bits per heavy atom. The first-order chi connectivity index (χ1) is 13.1. The third-order valence-corrected chi connectivity index (χ3v) is 5.45. The number of imidazole rings is 1. The number of amides is 1. The zero-order valence-electron chi connectivity index (χ0n) is 15.0. The first kappa shape index (κ1) is 17.6. The van der Waals surface area contributed by atoms with Crippen molar-refractivity contribution >= 4 is 40.6 Å². The fourth-order valence-electron chi connectivity index (χ4n) is 3.51. The minimum atomic E-state index is -0.977. The van der Waals surface area contributed by atoms with Crippen molar-refractivity contribution in [3.63, 3.8) is 0 Å². The summed E-state index contributed by atoms with van der Waals surface area (Å²) in [7, 11) is 0. The smallest absolute Gasteiger partial charge is 0.321 e. The van der Waals surface area contributed by atoms with E-state index < -0.39 is 23.8 Å². The Hall–Kier alpha value is -2.80. The average molecular weight is 381 g/mol. The van der Waals surface area contributed by atoms with Gasteiger partial charge in [-0.2, -0.15) is 0 Å². The van der Waals surface area contributed by atoms with E-state index in [1.165, 1.54) is 0 Å². The summed E-state index contributed by atoms with van der Waals surface area (Å²) in [5, 5.41) is 2.77. The molecule has 27 heavy (non-hydrogen) atoms. The van der Waals surface area contributed by atoms with E-state index in [-0.39, 0.29) is 6.61 Å². The third kappa shape index (κ3) is 2.98. The van der Waals surface area contributed by atoms with Gasteiger partial charge in [-0.3, -0.25) is 14.9 Å². The van der Waals surface area contributed by atoms with E-state index in [1.54, 1.807) is 18.7 Å². The topological polar surface area (TPSA) is 73.2 Å². The number of hydrogen-bond acceptors (Lipinski definition) is 5. The van der Waals surface area contributed by atoms with Crippen molar-refractivity contribution in [3.05, 3.63) is 54.1 Å². The molecule has 2 atom stereocenters. The highest BCUT2D eigenvalue weighted by molar-refractivity contribution is 7.98. The fraction of sp³-hybridized carbons (Fsp3) is 0.250. The molecule has 0 unspecified atom stereocenters. The molecular formula is C20H19N3O3S. The molecule has 2 heterocycles. The Morgan fingerprint density at radius 1 is 1.22 bits per heavy atom. The van der Waals surface area contributed by atoms with E-state index in [0.29, 0.717) is 5.95 Å². The summed E-state index contributed by atoms with van der Waals surface area (Å²) in [4.78, 5) is 31.1. The summed E-state index contributed by atoms with van der Waals surface area (Å²) in [5.41, 5.74) is 2.49. The molecule has 1 N–H and O–H groups in total. The Balaban J connectivity index is 1.92. The minimum absolute atomic E-state index is 0.221. The summed E-state index contributed by atoms with van der Waals surface area (Å²) >= 11 is 1.64. The number of fused-ring (bicyclic) bond motifs is 3. The molecule has 1 aromatic heterocycles. The summed E-state index contributed by atoms with van der Waals surface area (Å²) in [6.45, 7) is 1.96. The van der Waals surface area contributed by atoms with Crippen molar-refractivity contribution in [2.45, 2.75) is 17.9 Å². The molecule has 3 aromatic rings. The van der Waals surface area contributed by atoms with Crippen LogP contribution in [0.2, 0.25) is 0 Å². The summed E-state index contributed by atoms with van der Waals surface area (Å²) in [5.74, 6) is -1.46. The molecule has 138 valence electrons. The van der Waals surface area contributed by atoms with Crippen LogP contribution >= 0.6 is 11.8 Å². The molecule has 0 fully saturated rings. The molecule has 1 amide bonds. The summed E-state index contributed by atoms with van der Waals surface area (Å²) in [6, 6.07) is 15.0. The van der Waals surface area contributed by atoms with Crippen LogP contribution in [0, 0.1) is 5.92 Å². The molecule has 1 aliphatic heterocycles. The van der Waals surface area contributed by atoms with Crippen LogP contribution in [0.25, 0.3) is 11.0 Å². The normalized spacial score (nSPS) is 18.8. The number of benzene rings is 2. The Bertz CT molecular complexity index is 1010. The molecular weight excluding hydrogens is 362 g/mol. The highest BCUT2D eigenvalue weighted by Gasteiger charge is 2.44. The quantitative estimate of drug-likeness (QED) is 0.426. The molecule has 0 saturated heterocycles. The molecule has 0 bridgehead atoms. The number of thioether (sulfide) groups is 1. The van der Waals surface area contributed by atoms with Gasteiger partial charge in [0.1, 0.15) is 0 Å². The number of rotatable bonds is 4. The number of carbonyl (C=O) groups excluding carboxylic acids is 2. The monoisotopic (exact) mass is 381 g/mol. The highest BCUT2D eigenvalue weighted by atomic mass is 32.2. The van der Waals surface area contributed by atoms with Crippen LogP contribution < -0.4 is 5.32 Å². The second-order valence-electron chi connectivity index (χ2n) is 6.23. The Morgan fingerprint density at radius 2 is 1.96 bits per heavy atom. The number of ether oxygens (including phenoxy) is 1. The van der Waals surface area contributed by atoms with Crippen molar-refractivity contribution in [3.8, 4) is 0 Å². The number of anilines is 1. The molecule has 6 nitrogen and oxygen atoms in total. The van der Waals surface area contributed by atoms with Gasteiger partial charge in [0, 0.05) is 4.90 Å². The van der Waals surface area contributed by atoms with Crippen LogP contribution in [-0.4, -0.2) is 34.3 Å². The molecule has 0 aliphatic carbocycles. The first-order valence-corrected chi connectivity index (χ1v) is 9.95. The van der Waals surface area contributed by atoms with Gasteiger partial charge in [-0.05, 0) is 43.0 Å². The van der Waals surface area contributed by atoms with Crippen LogP contribution in [0.3, 0.4) is 0 Å². The average Bonchev–Trinajstić information content (AvgIpc) is 3.05. The van der Waals surface area contributed by atoms with Crippen molar-refractivity contribution < 1.29 is 14.3 Å². The molecule has 4 rings (SSSR count). The number of hydrogen-bond donors (Lipinski definition) is 1. The van der Waals surface area contributed by atoms with Gasteiger partial charge in [0.25, 0.3) is 0 Å². The van der Waals surface area contributed by atoms with E-state index in [2.05, 4.69) is 10.3 Å². The van der Waals surface area contributed by atoms with Gasteiger partial charge in [0.05, 0.1) is 23.7 Å². The molecule has 1 aliphatic rings. The third-order valence-electron chi connectivity index (χ3n) is 4.71. The second kappa shape index (κ2) is 7.08. The standard InChI is InChI=1S/C20H19N3O3S/c1-3-26-19(25)16-17(12-8-10-13(27-2)11-9-12)23-15-7-5-4-6-14(15)21-20(23)22-18(16)24/h4-11,16-17H,3H2,1-2H3,(H,21,22,24)/t16-,17+/m1/s1. The molecule has 2 aromatic carbocycles. The van der Waals surface area contributed by atoms with Crippen LogP contribution in [-0.2, 0) is 14.3 Å². The van der Waals surface area contributed by atoms with Gasteiger partial charge in [0.15, 0.2) is 5.92 Å².